The van der Waals surface area contributed by atoms with Gasteiger partial charge in [-0.25, -0.2) is 0 Å². The van der Waals surface area contributed by atoms with E-state index in [0.717, 1.165) is 36.3 Å². The topological polar surface area (TPSA) is 42.8 Å². The Morgan fingerprint density at radius 3 is 2.86 bits per heavy atom. The fraction of sp³-hybridized carbons (Fsp3) is 0.611. The molecule has 0 spiro atoms. The summed E-state index contributed by atoms with van der Waals surface area (Å²) in [6, 6.07) is 5.79. The number of nitrogens with one attached hydrogen (secondary N) is 2. The van der Waals surface area contributed by atoms with Crippen molar-refractivity contribution in [2.45, 2.75) is 38.5 Å². The summed E-state index contributed by atoms with van der Waals surface area (Å²) in [6.07, 6.45) is 7.40. The molecule has 0 atom stereocenters. The summed E-state index contributed by atoms with van der Waals surface area (Å²) in [5.41, 5.74) is 1.86. The van der Waals surface area contributed by atoms with Gasteiger partial charge in [-0.1, -0.05) is 6.07 Å². The lowest BCUT2D eigenvalue weighted by atomic mass is 9.99. The van der Waals surface area contributed by atoms with Crippen molar-refractivity contribution in [1.29, 1.82) is 0 Å². The first-order valence-electron chi connectivity index (χ1n) is 8.71. The number of quaternary nitrogens is 1. The maximum absolute atomic E-state index is 11.8. The molecule has 0 radical (unpaired) electrons. The van der Waals surface area contributed by atoms with Crippen LogP contribution in [-0.4, -0.2) is 38.7 Å². The second-order valence-corrected chi connectivity index (χ2v) is 6.40. The largest absolute Gasteiger partial charge is 0.493 e. The molecule has 0 bridgehead atoms. The van der Waals surface area contributed by atoms with Gasteiger partial charge in [0.05, 0.1) is 26.2 Å². The molecule has 1 aromatic rings. The fourth-order valence-corrected chi connectivity index (χ4v) is 3.53. The van der Waals surface area contributed by atoms with Crippen LogP contribution in [0.5, 0.6) is 5.75 Å². The lowest BCUT2D eigenvalue weighted by molar-refractivity contribution is -0.905. The quantitative estimate of drug-likeness (QED) is 0.776. The van der Waals surface area contributed by atoms with E-state index in [1.807, 2.05) is 18.2 Å². The molecule has 0 saturated carbocycles. The molecule has 1 aromatic carbocycles. The second-order valence-electron chi connectivity index (χ2n) is 6.40. The molecule has 2 N–H and O–H groups in total. The van der Waals surface area contributed by atoms with E-state index < -0.39 is 0 Å². The van der Waals surface area contributed by atoms with Crippen molar-refractivity contribution in [3.05, 3.63) is 29.3 Å². The number of rotatable bonds is 6. The summed E-state index contributed by atoms with van der Waals surface area (Å²) in [4.78, 5) is 13.6. The summed E-state index contributed by atoms with van der Waals surface area (Å²) in [5.74, 6) is 0.929. The van der Waals surface area contributed by atoms with Gasteiger partial charge >= 0.3 is 0 Å². The van der Waals surface area contributed by atoms with E-state index in [1.165, 1.54) is 45.3 Å². The monoisotopic (exact) mass is 303 g/mol. The minimum Gasteiger partial charge on any atom is -0.493 e. The van der Waals surface area contributed by atoms with Gasteiger partial charge in [-0.05, 0) is 50.7 Å². The summed E-state index contributed by atoms with van der Waals surface area (Å²) in [7, 11) is 0. The Labute approximate surface area is 132 Å². The first-order valence-corrected chi connectivity index (χ1v) is 8.71. The number of carbonyl (C=O) groups excluding carboxylic acids is 1. The molecule has 2 aliphatic rings. The first-order chi connectivity index (χ1) is 10.8. The summed E-state index contributed by atoms with van der Waals surface area (Å²) < 4.78 is 5.95. The van der Waals surface area contributed by atoms with Gasteiger partial charge in [-0.15, -0.1) is 0 Å². The molecule has 0 unspecified atom stereocenters. The number of fused-ring (bicyclic) bond motifs is 1. The summed E-state index contributed by atoms with van der Waals surface area (Å²) in [5, 5.41) is 2.88. The molecule has 1 saturated heterocycles. The molecule has 120 valence electrons. The van der Waals surface area contributed by atoms with Gasteiger partial charge in [0.2, 0.25) is 0 Å². The van der Waals surface area contributed by atoms with Gasteiger partial charge in [-0.3, -0.25) is 4.79 Å². The normalized spacial score (nSPS) is 18.6. The predicted octanol–water partition coefficient (Wildman–Crippen LogP) is 1.20. The van der Waals surface area contributed by atoms with Crippen LogP contribution in [0.3, 0.4) is 0 Å². The molecule has 0 aliphatic carbocycles. The Morgan fingerprint density at radius 1 is 1.14 bits per heavy atom. The first kappa shape index (κ1) is 15.3. The fourth-order valence-electron chi connectivity index (χ4n) is 3.53. The second kappa shape index (κ2) is 7.63. The summed E-state index contributed by atoms with van der Waals surface area (Å²) in [6.45, 7) is 5.44. The number of benzene rings is 1. The average Bonchev–Trinajstić information content (AvgIpc) is 2.56. The highest BCUT2D eigenvalue weighted by Crippen LogP contribution is 2.25. The lowest BCUT2D eigenvalue weighted by Crippen LogP contribution is -3.12. The zero-order valence-corrected chi connectivity index (χ0v) is 13.3. The molecule has 22 heavy (non-hydrogen) atoms. The number of hydrogen-bond acceptors (Lipinski definition) is 2. The maximum Gasteiger partial charge on any atom is 0.251 e. The Kier molecular flexibility index (Phi) is 5.33. The predicted molar refractivity (Wildman–Crippen MR) is 86.6 cm³/mol. The zero-order valence-electron chi connectivity index (χ0n) is 13.3. The van der Waals surface area contributed by atoms with Crippen LogP contribution in [0.4, 0.5) is 0 Å². The Hall–Kier alpha value is -1.55. The Morgan fingerprint density at radius 2 is 2.00 bits per heavy atom. The van der Waals surface area contributed by atoms with E-state index in [1.54, 1.807) is 4.90 Å². The highest BCUT2D eigenvalue weighted by Gasteiger charge is 2.19. The highest BCUT2D eigenvalue weighted by molar-refractivity contribution is 5.97. The molecule has 1 amide bonds. The van der Waals surface area contributed by atoms with Gasteiger partial charge in [0.1, 0.15) is 5.75 Å². The van der Waals surface area contributed by atoms with E-state index in [2.05, 4.69) is 5.32 Å². The van der Waals surface area contributed by atoms with Gasteiger partial charge in [-0.2, -0.15) is 0 Å². The molecule has 1 fully saturated rings. The maximum atomic E-state index is 11.8. The van der Waals surface area contributed by atoms with Crippen LogP contribution in [-0.2, 0) is 6.42 Å². The molecule has 2 heterocycles. The van der Waals surface area contributed by atoms with Crippen molar-refractivity contribution < 1.29 is 14.4 Å². The van der Waals surface area contributed by atoms with E-state index >= 15 is 0 Å². The van der Waals surface area contributed by atoms with Crippen LogP contribution in [0.2, 0.25) is 0 Å². The minimum absolute atomic E-state index is 0.0281. The van der Waals surface area contributed by atoms with E-state index in [-0.39, 0.29) is 5.91 Å². The molecular weight excluding hydrogens is 276 g/mol. The Balaban J connectivity index is 1.44. The number of unbranched alkanes of at least 4 members (excludes halogenated alkanes) is 1. The highest BCUT2D eigenvalue weighted by atomic mass is 16.5. The number of likely N-dealkylation sites (tertiary alicyclic amines) is 1. The molecule has 4 nitrogen and oxygen atoms in total. The van der Waals surface area contributed by atoms with Crippen molar-refractivity contribution in [2.75, 3.05) is 32.8 Å². The van der Waals surface area contributed by atoms with Gasteiger partial charge in [0.25, 0.3) is 5.91 Å². The van der Waals surface area contributed by atoms with Crippen molar-refractivity contribution in [2.24, 2.45) is 0 Å². The number of carbonyl (C=O) groups is 1. The number of hydrogen-bond donors (Lipinski definition) is 2. The van der Waals surface area contributed by atoms with E-state index in [0.29, 0.717) is 6.54 Å². The van der Waals surface area contributed by atoms with Gasteiger partial charge in [0, 0.05) is 17.7 Å². The molecule has 2 aliphatic heterocycles. The van der Waals surface area contributed by atoms with Crippen molar-refractivity contribution in [1.82, 2.24) is 5.32 Å². The van der Waals surface area contributed by atoms with E-state index in [4.69, 9.17) is 4.74 Å². The average molecular weight is 303 g/mol. The molecule has 0 aromatic heterocycles. The SMILES string of the molecule is O=C1NCCc2c(OCCCC[NH+]3CCCCC3)cccc21. The third kappa shape index (κ3) is 3.80. The smallest absolute Gasteiger partial charge is 0.251 e. The van der Waals surface area contributed by atoms with Crippen molar-refractivity contribution in [3.8, 4) is 5.75 Å². The van der Waals surface area contributed by atoms with Gasteiger partial charge in [0.15, 0.2) is 0 Å². The molecule has 4 heteroatoms. The molecule has 3 rings (SSSR count). The summed E-state index contributed by atoms with van der Waals surface area (Å²) >= 11 is 0. The van der Waals surface area contributed by atoms with Crippen molar-refractivity contribution in [3.63, 3.8) is 0 Å². The van der Waals surface area contributed by atoms with Gasteiger partial charge < -0.3 is 15.0 Å². The van der Waals surface area contributed by atoms with Crippen LogP contribution in [0.1, 0.15) is 48.0 Å². The minimum atomic E-state index is 0.0281. The van der Waals surface area contributed by atoms with Crippen LogP contribution < -0.4 is 15.0 Å². The van der Waals surface area contributed by atoms with Crippen molar-refractivity contribution >= 4 is 5.91 Å². The van der Waals surface area contributed by atoms with Crippen LogP contribution in [0.25, 0.3) is 0 Å². The van der Waals surface area contributed by atoms with Crippen LogP contribution in [0, 0.1) is 0 Å². The Bertz CT molecular complexity index is 510. The lowest BCUT2D eigenvalue weighted by Gasteiger charge is -2.23. The third-order valence-electron chi connectivity index (χ3n) is 4.78. The van der Waals surface area contributed by atoms with Crippen LogP contribution in [0.15, 0.2) is 18.2 Å². The number of piperidine rings is 1. The number of amides is 1. The standard InChI is InChI=1S/C18H26N2O2/c21-18-16-7-6-8-17(15(16)9-10-19-18)22-14-5-4-13-20-11-2-1-3-12-20/h6-8H,1-5,9-14H2,(H,19,21)/p+1. The molecular formula is C18H27N2O2+. The van der Waals surface area contributed by atoms with E-state index in [9.17, 15) is 4.79 Å². The van der Waals surface area contributed by atoms with Crippen LogP contribution >= 0.6 is 0 Å². The third-order valence-corrected chi connectivity index (χ3v) is 4.78. The zero-order chi connectivity index (χ0) is 15.2. The number of ether oxygens (including phenoxy) is 1.